The highest BCUT2D eigenvalue weighted by Gasteiger charge is 2.25. The zero-order valence-electron chi connectivity index (χ0n) is 14.9. The quantitative estimate of drug-likeness (QED) is 0.825. The number of hydrogen-bond acceptors (Lipinski definition) is 4. The largest absolute Gasteiger partial charge is 0.483 e. The van der Waals surface area contributed by atoms with Crippen molar-refractivity contribution in [1.29, 1.82) is 0 Å². The standard InChI is InChI=1S/C16H25N3O2.CH2O2/c1-12-9-15(20)14(11-18(12)4)16(21)19-7-5-13(6-8-19)10-17(2)3;2-1-3/h9,11,13H,5-8,10H2,1-4H3;1H,(H,2,3). The maximum Gasteiger partial charge on any atom is 0.290 e. The monoisotopic (exact) mass is 337 g/mol. The summed E-state index contributed by atoms with van der Waals surface area (Å²) in [5.74, 6) is 0.517. The van der Waals surface area contributed by atoms with Crippen LogP contribution in [0.25, 0.3) is 0 Å². The van der Waals surface area contributed by atoms with E-state index in [1.807, 2.05) is 23.4 Å². The molecule has 2 rings (SSSR count). The number of carbonyl (C=O) groups is 2. The molecule has 2 heterocycles. The molecule has 1 fully saturated rings. The Balaban J connectivity index is 0.000000891. The molecule has 0 spiro atoms. The van der Waals surface area contributed by atoms with E-state index in [4.69, 9.17) is 9.90 Å². The number of pyridine rings is 1. The molecule has 1 amide bonds. The molecular weight excluding hydrogens is 310 g/mol. The molecule has 134 valence electrons. The fraction of sp³-hybridized carbons (Fsp3) is 0.588. The minimum Gasteiger partial charge on any atom is -0.483 e. The van der Waals surface area contributed by atoms with Crippen molar-refractivity contribution >= 4 is 12.4 Å². The lowest BCUT2D eigenvalue weighted by molar-refractivity contribution is -0.122. The van der Waals surface area contributed by atoms with Gasteiger partial charge in [-0.1, -0.05) is 0 Å². The SMILES string of the molecule is Cc1cc(=O)c(C(=O)N2CCC(CN(C)C)CC2)cn1C.O=CO. The molecule has 1 saturated heterocycles. The Morgan fingerprint density at radius 1 is 1.38 bits per heavy atom. The number of rotatable bonds is 3. The number of carbonyl (C=O) groups excluding carboxylic acids is 1. The van der Waals surface area contributed by atoms with Gasteiger partial charge in [0.05, 0.1) is 0 Å². The minimum absolute atomic E-state index is 0.126. The van der Waals surface area contributed by atoms with Gasteiger partial charge in [0.15, 0.2) is 5.43 Å². The molecule has 1 N–H and O–H groups in total. The Labute approximate surface area is 142 Å². The number of nitrogens with zero attached hydrogens (tertiary/aromatic N) is 3. The summed E-state index contributed by atoms with van der Waals surface area (Å²) in [5.41, 5.74) is 0.974. The Morgan fingerprint density at radius 3 is 2.42 bits per heavy atom. The van der Waals surface area contributed by atoms with Gasteiger partial charge in [-0.3, -0.25) is 14.4 Å². The number of hydrogen-bond donors (Lipinski definition) is 1. The van der Waals surface area contributed by atoms with E-state index < -0.39 is 0 Å². The molecule has 0 unspecified atom stereocenters. The molecule has 7 heteroatoms. The number of carboxylic acid groups (broad SMARTS) is 1. The summed E-state index contributed by atoms with van der Waals surface area (Å²) in [7, 11) is 6.01. The van der Waals surface area contributed by atoms with Crippen molar-refractivity contribution in [1.82, 2.24) is 14.4 Å². The van der Waals surface area contributed by atoms with Crippen molar-refractivity contribution in [3.05, 3.63) is 33.7 Å². The third-order valence-corrected chi connectivity index (χ3v) is 4.24. The number of piperidine rings is 1. The first-order valence-corrected chi connectivity index (χ1v) is 7.99. The van der Waals surface area contributed by atoms with Crippen LogP contribution in [0.1, 0.15) is 28.9 Å². The molecular formula is C17H27N3O4. The lowest BCUT2D eigenvalue weighted by atomic mass is 9.96. The molecule has 0 aliphatic carbocycles. The summed E-state index contributed by atoms with van der Waals surface area (Å²) in [4.78, 5) is 36.9. The summed E-state index contributed by atoms with van der Waals surface area (Å²) >= 11 is 0. The number of aryl methyl sites for hydroxylation is 2. The topological polar surface area (TPSA) is 82.9 Å². The Bertz CT molecular complexity index is 617. The predicted molar refractivity (Wildman–Crippen MR) is 92.3 cm³/mol. The van der Waals surface area contributed by atoms with Gasteiger partial charge in [-0.2, -0.15) is 0 Å². The van der Waals surface area contributed by atoms with Crippen LogP contribution < -0.4 is 5.43 Å². The summed E-state index contributed by atoms with van der Waals surface area (Å²) in [6.45, 7) is 4.17. The molecule has 1 aromatic heterocycles. The fourth-order valence-corrected chi connectivity index (χ4v) is 2.89. The molecule has 7 nitrogen and oxygen atoms in total. The van der Waals surface area contributed by atoms with E-state index in [0.717, 1.165) is 38.2 Å². The molecule has 0 saturated carbocycles. The fourth-order valence-electron chi connectivity index (χ4n) is 2.89. The summed E-state index contributed by atoms with van der Waals surface area (Å²) in [5, 5.41) is 6.89. The number of aromatic nitrogens is 1. The molecule has 0 bridgehead atoms. The second kappa shape index (κ2) is 9.22. The molecule has 1 aromatic rings. The average Bonchev–Trinajstić information content (AvgIpc) is 2.51. The first kappa shape index (κ1) is 19.9. The molecule has 0 radical (unpaired) electrons. The summed E-state index contributed by atoms with van der Waals surface area (Å²) in [6, 6.07) is 1.53. The smallest absolute Gasteiger partial charge is 0.290 e. The Hall–Kier alpha value is -2.15. The lowest BCUT2D eigenvalue weighted by Gasteiger charge is -2.33. The number of likely N-dealkylation sites (tertiary alicyclic amines) is 1. The van der Waals surface area contributed by atoms with Crippen LogP contribution in [0.4, 0.5) is 0 Å². The van der Waals surface area contributed by atoms with E-state index >= 15 is 0 Å². The van der Waals surface area contributed by atoms with Crippen LogP contribution in [0.3, 0.4) is 0 Å². The van der Waals surface area contributed by atoms with Gasteiger partial charge in [0.25, 0.3) is 12.4 Å². The van der Waals surface area contributed by atoms with Gasteiger partial charge in [-0.05, 0) is 39.8 Å². The van der Waals surface area contributed by atoms with Gasteiger partial charge < -0.3 is 19.5 Å². The van der Waals surface area contributed by atoms with Crippen LogP contribution in [0.5, 0.6) is 0 Å². The van der Waals surface area contributed by atoms with E-state index in [9.17, 15) is 9.59 Å². The Morgan fingerprint density at radius 2 is 1.92 bits per heavy atom. The highest BCUT2D eigenvalue weighted by Crippen LogP contribution is 2.19. The highest BCUT2D eigenvalue weighted by atomic mass is 16.3. The molecule has 24 heavy (non-hydrogen) atoms. The van der Waals surface area contributed by atoms with E-state index in [0.29, 0.717) is 5.92 Å². The minimum atomic E-state index is -0.250. The van der Waals surface area contributed by atoms with E-state index in [-0.39, 0.29) is 23.4 Å². The van der Waals surface area contributed by atoms with Gasteiger partial charge in [0.1, 0.15) is 5.56 Å². The van der Waals surface area contributed by atoms with E-state index in [1.54, 1.807) is 6.20 Å². The molecule has 1 aliphatic rings. The van der Waals surface area contributed by atoms with Crippen molar-refractivity contribution in [3.8, 4) is 0 Å². The Kier molecular flexibility index (Phi) is 7.64. The zero-order valence-corrected chi connectivity index (χ0v) is 14.9. The lowest BCUT2D eigenvalue weighted by Crippen LogP contribution is -2.42. The van der Waals surface area contributed by atoms with Crippen molar-refractivity contribution in [2.75, 3.05) is 33.7 Å². The van der Waals surface area contributed by atoms with Gasteiger partial charge in [-0.15, -0.1) is 0 Å². The van der Waals surface area contributed by atoms with Gasteiger partial charge in [-0.25, -0.2) is 0 Å². The maximum absolute atomic E-state index is 12.5. The zero-order chi connectivity index (χ0) is 18.3. The third kappa shape index (κ3) is 5.49. The second-order valence-electron chi connectivity index (χ2n) is 6.41. The van der Waals surface area contributed by atoms with Crippen LogP contribution >= 0.6 is 0 Å². The van der Waals surface area contributed by atoms with Crippen molar-refractivity contribution in [3.63, 3.8) is 0 Å². The highest BCUT2D eigenvalue weighted by molar-refractivity contribution is 5.93. The van der Waals surface area contributed by atoms with Crippen LogP contribution in [-0.4, -0.2) is 65.6 Å². The summed E-state index contributed by atoms with van der Waals surface area (Å²) < 4.78 is 1.83. The van der Waals surface area contributed by atoms with Gasteiger partial charge >= 0.3 is 0 Å². The maximum atomic E-state index is 12.5. The predicted octanol–water partition coefficient (Wildman–Crippen LogP) is 0.808. The van der Waals surface area contributed by atoms with Crippen LogP contribution in [0.15, 0.2) is 17.1 Å². The number of amides is 1. The van der Waals surface area contributed by atoms with Crippen molar-refractivity contribution < 1.29 is 14.7 Å². The third-order valence-electron chi connectivity index (χ3n) is 4.24. The van der Waals surface area contributed by atoms with Gasteiger partial charge in [0.2, 0.25) is 0 Å². The average molecular weight is 337 g/mol. The van der Waals surface area contributed by atoms with Crippen molar-refractivity contribution in [2.45, 2.75) is 19.8 Å². The van der Waals surface area contributed by atoms with E-state index in [2.05, 4.69) is 19.0 Å². The van der Waals surface area contributed by atoms with Crippen LogP contribution in [0, 0.1) is 12.8 Å². The normalized spacial score (nSPS) is 15.0. The molecule has 0 aromatic carbocycles. The molecule has 1 aliphatic heterocycles. The first-order chi connectivity index (χ1) is 11.3. The van der Waals surface area contributed by atoms with Crippen LogP contribution in [0.2, 0.25) is 0 Å². The van der Waals surface area contributed by atoms with Gasteiger partial charge in [0, 0.05) is 44.6 Å². The van der Waals surface area contributed by atoms with E-state index in [1.165, 1.54) is 6.07 Å². The van der Waals surface area contributed by atoms with Crippen LogP contribution in [-0.2, 0) is 11.8 Å². The first-order valence-electron chi connectivity index (χ1n) is 7.99. The summed E-state index contributed by atoms with van der Waals surface area (Å²) in [6.07, 6.45) is 3.68. The molecule has 0 atom stereocenters. The second-order valence-corrected chi connectivity index (χ2v) is 6.41. The van der Waals surface area contributed by atoms with Crippen molar-refractivity contribution in [2.24, 2.45) is 13.0 Å².